The van der Waals surface area contributed by atoms with Crippen LogP contribution in [-0.4, -0.2) is 20.6 Å². The summed E-state index contributed by atoms with van der Waals surface area (Å²) in [6.45, 7) is 0. The number of rotatable bonds is 5. The van der Waals surface area contributed by atoms with Crippen molar-refractivity contribution >= 4 is 21.7 Å². The van der Waals surface area contributed by atoms with Crippen LogP contribution < -0.4 is 0 Å². The van der Waals surface area contributed by atoms with Crippen LogP contribution in [0.15, 0.2) is 48.6 Å². The lowest BCUT2D eigenvalue weighted by atomic mass is 9.92. The summed E-state index contributed by atoms with van der Waals surface area (Å²) < 4.78 is 27.4. The standard InChI is InChI=1S/C15H17ClO3S/c1-20(17,18)19-15(11-16)14-9-7-13(8-10-14)12-5-3-2-4-6-12/h2-5,7-10,12,15H,6,11H2,1H3/t12-,15+/m0/s1. The van der Waals surface area contributed by atoms with Crippen molar-refractivity contribution in [3.8, 4) is 0 Å². The fraction of sp³-hybridized carbons (Fsp3) is 0.333. The maximum atomic E-state index is 11.2. The first-order chi connectivity index (χ1) is 9.49. The minimum Gasteiger partial charge on any atom is -0.261 e. The van der Waals surface area contributed by atoms with Crippen LogP contribution in [0, 0.1) is 0 Å². The Hall–Kier alpha value is -1.10. The average Bonchev–Trinajstić information content (AvgIpc) is 2.45. The highest BCUT2D eigenvalue weighted by Crippen LogP contribution is 2.27. The van der Waals surface area contributed by atoms with Crippen molar-refractivity contribution in [3.05, 3.63) is 59.7 Å². The Balaban J connectivity index is 2.14. The van der Waals surface area contributed by atoms with Crippen LogP contribution in [0.3, 0.4) is 0 Å². The molecule has 0 bridgehead atoms. The fourth-order valence-electron chi connectivity index (χ4n) is 2.17. The smallest absolute Gasteiger partial charge is 0.261 e. The zero-order chi connectivity index (χ0) is 14.6. The molecular formula is C15H17ClO3S. The van der Waals surface area contributed by atoms with E-state index in [0.717, 1.165) is 18.2 Å². The topological polar surface area (TPSA) is 43.4 Å². The van der Waals surface area contributed by atoms with Crippen molar-refractivity contribution in [2.45, 2.75) is 18.4 Å². The fourth-order valence-corrected chi connectivity index (χ4v) is 3.08. The molecule has 0 aliphatic heterocycles. The highest BCUT2D eigenvalue weighted by molar-refractivity contribution is 7.86. The summed E-state index contributed by atoms with van der Waals surface area (Å²) in [7, 11) is -3.52. The molecule has 0 amide bonds. The molecule has 1 aromatic carbocycles. The van der Waals surface area contributed by atoms with Crippen molar-refractivity contribution in [2.75, 3.05) is 12.1 Å². The second kappa shape index (κ2) is 6.57. The zero-order valence-corrected chi connectivity index (χ0v) is 12.8. The summed E-state index contributed by atoms with van der Waals surface area (Å²) in [5.74, 6) is 0.470. The molecule has 0 unspecified atom stereocenters. The third kappa shape index (κ3) is 4.20. The van der Waals surface area contributed by atoms with Crippen molar-refractivity contribution in [2.24, 2.45) is 0 Å². The zero-order valence-electron chi connectivity index (χ0n) is 11.2. The summed E-state index contributed by atoms with van der Waals surface area (Å²) in [5.41, 5.74) is 1.96. The number of alkyl halides is 1. The Bertz CT molecular complexity index is 603. The van der Waals surface area contributed by atoms with Crippen molar-refractivity contribution in [3.63, 3.8) is 0 Å². The van der Waals surface area contributed by atoms with Gasteiger partial charge in [0.15, 0.2) is 0 Å². The van der Waals surface area contributed by atoms with E-state index in [1.165, 1.54) is 5.56 Å². The van der Waals surface area contributed by atoms with Crippen molar-refractivity contribution < 1.29 is 12.6 Å². The first-order valence-corrected chi connectivity index (χ1v) is 8.72. The normalized spacial score (nSPS) is 20.0. The average molecular weight is 313 g/mol. The molecule has 0 N–H and O–H groups in total. The molecule has 2 rings (SSSR count). The molecule has 1 aliphatic carbocycles. The molecule has 20 heavy (non-hydrogen) atoms. The lowest BCUT2D eigenvalue weighted by Crippen LogP contribution is -2.12. The molecule has 0 saturated carbocycles. The van der Waals surface area contributed by atoms with Gasteiger partial charge in [0.25, 0.3) is 10.1 Å². The molecule has 0 heterocycles. The SMILES string of the molecule is CS(=O)(=O)O[C@H](CCl)c1ccc([C@H]2C=CC=CC2)cc1. The van der Waals surface area contributed by atoms with Gasteiger partial charge in [-0.3, -0.25) is 4.18 Å². The Morgan fingerprint density at radius 2 is 2.00 bits per heavy atom. The molecule has 0 aromatic heterocycles. The van der Waals surface area contributed by atoms with Gasteiger partial charge in [0.2, 0.25) is 0 Å². The minimum atomic E-state index is -3.52. The summed E-state index contributed by atoms with van der Waals surface area (Å²) >= 11 is 5.79. The first kappa shape index (κ1) is 15.3. The molecule has 2 atom stereocenters. The van der Waals surface area contributed by atoms with E-state index >= 15 is 0 Å². The van der Waals surface area contributed by atoms with Crippen LogP contribution in [0.2, 0.25) is 0 Å². The van der Waals surface area contributed by atoms with Crippen LogP contribution >= 0.6 is 11.6 Å². The quantitative estimate of drug-likeness (QED) is 0.617. The van der Waals surface area contributed by atoms with Gasteiger partial charge in [0.05, 0.1) is 12.1 Å². The highest BCUT2D eigenvalue weighted by Gasteiger charge is 2.17. The molecule has 0 fully saturated rings. The Kier molecular flexibility index (Phi) is 5.02. The Labute approximate surface area is 125 Å². The highest BCUT2D eigenvalue weighted by atomic mass is 35.5. The van der Waals surface area contributed by atoms with Gasteiger partial charge in [-0.05, 0) is 17.5 Å². The maximum absolute atomic E-state index is 11.2. The van der Waals surface area contributed by atoms with E-state index < -0.39 is 16.2 Å². The van der Waals surface area contributed by atoms with Gasteiger partial charge in [-0.1, -0.05) is 48.6 Å². The van der Waals surface area contributed by atoms with Crippen molar-refractivity contribution in [1.82, 2.24) is 0 Å². The van der Waals surface area contributed by atoms with E-state index in [-0.39, 0.29) is 5.88 Å². The van der Waals surface area contributed by atoms with Crippen molar-refractivity contribution in [1.29, 1.82) is 0 Å². The van der Waals surface area contributed by atoms with E-state index in [0.29, 0.717) is 5.92 Å². The summed E-state index contributed by atoms with van der Waals surface area (Å²) in [4.78, 5) is 0. The van der Waals surface area contributed by atoms with Gasteiger partial charge in [0, 0.05) is 5.92 Å². The van der Waals surface area contributed by atoms with E-state index in [4.69, 9.17) is 15.8 Å². The molecular weight excluding hydrogens is 296 g/mol. The van der Waals surface area contributed by atoms with Gasteiger partial charge in [-0.25, -0.2) is 0 Å². The number of allylic oxidation sites excluding steroid dienone is 4. The molecule has 1 aliphatic rings. The third-order valence-electron chi connectivity index (χ3n) is 3.15. The molecule has 5 heteroatoms. The van der Waals surface area contributed by atoms with E-state index in [9.17, 15) is 8.42 Å². The van der Waals surface area contributed by atoms with Crippen LogP contribution in [0.4, 0.5) is 0 Å². The second-order valence-corrected chi connectivity index (χ2v) is 6.67. The Morgan fingerprint density at radius 1 is 1.30 bits per heavy atom. The maximum Gasteiger partial charge on any atom is 0.265 e. The predicted molar refractivity (Wildman–Crippen MR) is 81.5 cm³/mol. The van der Waals surface area contributed by atoms with Gasteiger partial charge in [-0.15, -0.1) is 11.6 Å². The van der Waals surface area contributed by atoms with Gasteiger partial charge >= 0.3 is 0 Å². The monoisotopic (exact) mass is 312 g/mol. The second-order valence-electron chi connectivity index (χ2n) is 4.77. The largest absolute Gasteiger partial charge is 0.265 e. The number of hydrogen-bond acceptors (Lipinski definition) is 3. The van der Waals surface area contributed by atoms with E-state index in [1.54, 1.807) is 0 Å². The Morgan fingerprint density at radius 3 is 2.50 bits per heavy atom. The summed E-state index contributed by atoms with van der Waals surface area (Å²) in [5, 5.41) is 0. The van der Waals surface area contributed by atoms with Crippen LogP contribution in [-0.2, 0) is 14.3 Å². The first-order valence-electron chi connectivity index (χ1n) is 6.37. The van der Waals surface area contributed by atoms with Crippen LogP contribution in [0.25, 0.3) is 0 Å². The lowest BCUT2D eigenvalue weighted by molar-refractivity contribution is 0.240. The van der Waals surface area contributed by atoms with Crippen LogP contribution in [0.5, 0.6) is 0 Å². The third-order valence-corrected chi connectivity index (χ3v) is 4.01. The van der Waals surface area contributed by atoms with Gasteiger partial charge < -0.3 is 0 Å². The molecule has 0 saturated heterocycles. The number of hydrogen-bond donors (Lipinski definition) is 0. The summed E-state index contributed by atoms with van der Waals surface area (Å²) in [6, 6.07) is 7.74. The molecule has 1 aromatic rings. The van der Waals surface area contributed by atoms with E-state index in [1.807, 2.05) is 36.4 Å². The molecule has 3 nitrogen and oxygen atoms in total. The van der Waals surface area contributed by atoms with Gasteiger partial charge in [0.1, 0.15) is 6.10 Å². The molecule has 108 valence electrons. The lowest BCUT2D eigenvalue weighted by Gasteiger charge is -2.17. The number of benzene rings is 1. The summed E-state index contributed by atoms with van der Waals surface area (Å²) in [6.07, 6.45) is 9.73. The van der Waals surface area contributed by atoms with E-state index in [2.05, 4.69) is 12.2 Å². The number of halogens is 1. The van der Waals surface area contributed by atoms with Crippen LogP contribution in [0.1, 0.15) is 29.6 Å². The van der Waals surface area contributed by atoms with Gasteiger partial charge in [-0.2, -0.15) is 8.42 Å². The molecule has 0 radical (unpaired) electrons. The predicted octanol–water partition coefficient (Wildman–Crippen LogP) is 3.54. The minimum absolute atomic E-state index is 0.0957. The molecule has 0 spiro atoms.